The van der Waals surface area contributed by atoms with Crippen LogP contribution < -0.4 is 0 Å². The van der Waals surface area contributed by atoms with E-state index in [1.54, 1.807) is 31.2 Å². The van der Waals surface area contributed by atoms with E-state index in [1.807, 2.05) is 0 Å². The fraction of sp³-hybridized carbons (Fsp3) is 0.611. The smallest absolute Gasteiger partial charge is 0.312 e. The minimum Gasteiger partial charge on any atom is -0.462 e. The summed E-state index contributed by atoms with van der Waals surface area (Å²) in [6.07, 6.45) is 5.94. The number of hydrogen-bond donors (Lipinski definition) is 0. The standard InChI is InChI=1S/C18H24O5S/c1-14-7-2-3-9-16(14)24(20,21)22-12-6-8-15-13-18(17(19)23-15)10-4-5-11-18/h2-3,7,9,15H,4-6,8,10-13H2,1H3. The first kappa shape index (κ1) is 17.4. The van der Waals surface area contributed by atoms with E-state index in [2.05, 4.69) is 0 Å². The number of benzene rings is 1. The van der Waals surface area contributed by atoms with Crippen LogP contribution in [0, 0.1) is 12.3 Å². The number of cyclic esters (lactones) is 1. The second kappa shape index (κ2) is 6.84. The van der Waals surface area contributed by atoms with E-state index in [0.29, 0.717) is 18.4 Å². The van der Waals surface area contributed by atoms with E-state index in [0.717, 1.165) is 32.1 Å². The lowest BCUT2D eigenvalue weighted by Gasteiger charge is -2.16. The zero-order valence-electron chi connectivity index (χ0n) is 14.0. The van der Waals surface area contributed by atoms with Crippen molar-refractivity contribution in [2.75, 3.05) is 6.61 Å². The summed E-state index contributed by atoms with van der Waals surface area (Å²) < 4.78 is 35.0. The summed E-state index contributed by atoms with van der Waals surface area (Å²) in [7, 11) is -3.73. The lowest BCUT2D eigenvalue weighted by molar-refractivity contribution is -0.148. The lowest BCUT2D eigenvalue weighted by Crippen LogP contribution is -2.21. The third-order valence-electron chi connectivity index (χ3n) is 5.16. The number of carbonyl (C=O) groups is 1. The van der Waals surface area contributed by atoms with Crippen LogP contribution >= 0.6 is 0 Å². The maximum atomic E-state index is 12.2. The van der Waals surface area contributed by atoms with Crippen LogP contribution in [-0.2, 0) is 23.8 Å². The Morgan fingerprint density at radius 3 is 2.67 bits per heavy atom. The van der Waals surface area contributed by atoms with Crippen molar-refractivity contribution in [2.45, 2.75) is 62.9 Å². The second-order valence-corrected chi connectivity index (χ2v) is 8.49. The first-order valence-electron chi connectivity index (χ1n) is 8.59. The molecule has 1 aromatic carbocycles. The van der Waals surface area contributed by atoms with Gasteiger partial charge in [0.05, 0.1) is 16.9 Å². The highest BCUT2D eigenvalue weighted by Crippen LogP contribution is 2.48. The summed E-state index contributed by atoms with van der Waals surface area (Å²) in [5.74, 6) is -0.0570. The van der Waals surface area contributed by atoms with Crippen molar-refractivity contribution >= 4 is 16.1 Å². The molecule has 1 saturated carbocycles. The third-order valence-corrected chi connectivity index (χ3v) is 6.63. The Kier molecular flexibility index (Phi) is 4.97. The third kappa shape index (κ3) is 3.49. The fourth-order valence-electron chi connectivity index (χ4n) is 3.84. The van der Waals surface area contributed by atoms with Crippen LogP contribution in [0.1, 0.15) is 50.5 Å². The molecule has 2 fully saturated rings. The molecule has 0 amide bonds. The zero-order valence-corrected chi connectivity index (χ0v) is 14.8. The average molecular weight is 352 g/mol. The Hall–Kier alpha value is -1.40. The van der Waals surface area contributed by atoms with E-state index >= 15 is 0 Å². The summed E-state index contributed by atoms with van der Waals surface area (Å²) in [5, 5.41) is 0. The van der Waals surface area contributed by atoms with Gasteiger partial charge in [0.25, 0.3) is 10.1 Å². The van der Waals surface area contributed by atoms with Crippen molar-refractivity contribution in [1.29, 1.82) is 0 Å². The Balaban J connectivity index is 1.48. The Morgan fingerprint density at radius 1 is 1.25 bits per heavy atom. The van der Waals surface area contributed by atoms with Crippen LogP contribution in [-0.4, -0.2) is 27.1 Å². The summed E-state index contributed by atoms with van der Waals surface area (Å²) in [6, 6.07) is 6.77. The van der Waals surface area contributed by atoms with Crippen LogP contribution in [0.15, 0.2) is 29.2 Å². The summed E-state index contributed by atoms with van der Waals surface area (Å²) in [4.78, 5) is 12.3. The molecule has 5 nitrogen and oxygen atoms in total. The van der Waals surface area contributed by atoms with Crippen molar-refractivity contribution in [3.05, 3.63) is 29.8 Å². The van der Waals surface area contributed by atoms with Crippen molar-refractivity contribution in [1.82, 2.24) is 0 Å². The monoisotopic (exact) mass is 352 g/mol. The average Bonchev–Trinajstić information content (AvgIpc) is 3.13. The first-order chi connectivity index (χ1) is 11.4. The van der Waals surface area contributed by atoms with Crippen LogP contribution in [0.25, 0.3) is 0 Å². The zero-order chi connectivity index (χ0) is 17.2. The summed E-state index contributed by atoms with van der Waals surface area (Å²) in [5.41, 5.74) is 0.420. The van der Waals surface area contributed by atoms with E-state index in [4.69, 9.17) is 8.92 Å². The van der Waals surface area contributed by atoms with Gasteiger partial charge < -0.3 is 4.74 Å². The van der Waals surface area contributed by atoms with E-state index in [9.17, 15) is 13.2 Å². The SMILES string of the molecule is Cc1ccccc1S(=O)(=O)OCCCC1CC2(CCCC2)C(=O)O1. The lowest BCUT2D eigenvalue weighted by atomic mass is 9.82. The molecule has 1 atom stereocenters. The Labute approximate surface area is 143 Å². The van der Waals surface area contributed by atoms with E-state index in [-0.39, 0.29) is 29.0 Å². The molecule has 1 heterocycles. The van der Waals surface area contributed by atoms with Gasteiger partial charge in [-0.05, 0) is 44.2 Å². The molecule has 1 saturated heterocycles. The van der Waals surface area contributed by atoms with Crippen molar-refractivity contribution in [3.8, 4) is 0 Å². The van der Waals surface area contributed by atoms with Gasteiger partial charge in [0.15, 0.2) is 0 Å². The molecule has 132 valence electrons. The minimum absolute atomic E-state index is 0.0570. The molecule has 24 heavy (non-hydrogen) atoms. The van der Waals surface area contributed by atoms with Gasteiger partial charge in [-0.2, -0.15) is 8.42 Å². The molecule has 2 aliphatic rings. The highest BCUT2D eigenvalue weighted by molar-refractivity contribution is 7.86. The van der Waals surface area contributed by atoms with Crippen LogP contribution in [0.4, 0.5) is 0 Å². The molecule has 0 radical (unpaired) electrons. The summed E-state index contributed by atoms with van der Waals surface area (Å²) in [6.45, 7) is 1.85. The van der Waals surface area contributed by atoms with Crippen molar-refractivity contribution in [3.63, 3.8) is 0 Å². The van der Waals surface area contributed by atoms with Crippen LogP contribution in [0.2, 0.25) is 0 Å². The van der Waals surface area contributed by atoms with Gasteiger partial charge in [0.2, 0.25) is 0 Å². The molecule has 1 unspecified atom stereocenters. The first-order valence-corrected chi connectivity index (χ1v) is 10.00. The topological polar surface area (TPSA) is 69.7 Å². The molecule has 3 rings (SSSR count). The molecule has 0 N–H and O–H groups in total. The number of rotatable bonds is 6. The number of ether oxygens (including phenoxy) is 1. The second-order valence-electron chi connectivity index (χ2n) is 6.90. The predicted octanol–water partition coefficient (Wildman–Crippen LogP) is 3.36. The maximum Gasteiger partial charge on any atom is 0.312 e. The van der Waals surface area contributed by atoms with Crippen LogP contribution in [0.5, 0.6) is 0 Å². The summed E-state index contributed by atoms with van der Waals surface area (Å²) >= 11 is 0. The highest BCUT2D eigenvalue weighted by atomic mass is 32.2. The molecular weight excluding hydrogens is 328 g/mol. The minimum atomic E-state index is -3.73. The number of hydrogen-bond acceptors (Lipinski definition) is 5. The van der Waals surface area contributed by atoms with Crippen molar-refractivity contribution in [2.24, 2.45) is 5.41 Å². The van der Waals surface area contributed by atoms with Crippen LogP contribution in [0.3, 0.4) is 0 Å². The van der Waals surface area contributed by atoms with Gasteiger partial charge in [-0.15, -0.1) is 0 Å². The molecule has 0 bridgehead atoms. The fourth-order valence-corrected chi connectivity index (χ4v) is 5.01. The number of carbonyl (C=O) groups excluding carboxylic acids is 1. The highest BCUT2D eigenvalue weighted by Gasteiger charge is 2.49. The Morgan fingerprint density at radius 2 is 1.96 bits per heavy atom. The van der Waals surface area contributed by atoms with Gasteiger partial charge in [-0.1, -0.05) is 31.0 Å². The van der Waals surface area contributed by atoms with Gasteiger partial charge in [-0.3, -0.25) is 8.98 Å². The molecule has 0 aromatic heterocycles. The normalized spacial score (nSPS) is 22.9. The number of esters is 1. The Bertz CT molecular complexity index is 704. The molecule has 6 heteroatoms. The molecule has 1 aromatic rings. The van der Waals surface area contributed by atoms with Crippen molar-refractivity contribution < 1.29 is 22.1 Å². The predicted molar refractivity (Wildman–Crippen MR) is 88.9 cm³/mol. The quantitative estimate of drug-likeness (QED) is 0.446. The molecule has 1 spiro atoms. The van der Waals surface area contributed by atoms with Gasteiger partial charge in [-0.25, -0.2) is 0 Å². The largest absolute Gasteiger partial charge is 0.462 e. The van der Waals surface area contributed by atoms with E-state index in [1.165, 1.54) is 0 Å². The molecule has 1 aliphatic heterocycles. The number of aryl methyl sites for hydroxylation is 1. The van der Waals surface area contributed by atoms with Gasteiger partial charge in [0, 0.05) is 6.42 Å². The maximum absolute atomic E-state index is 12.2. The molecule has 1 aliphatic carbocycles. The van der Waals surface area contributed by atoms with E-state index < -0.39 is 10.1 Å². The van der Waals surface area contributed by atoms with Gasteiger partial charge >= 0.3 is 5.97 Å². The van der Waals surface area contributed by atoms with Gasteiger partial charge in [0.1, 0.15) is 6.10 Å². The molecular formula is C18H24O5S.